The third kappa shape index (κ3) is 8.22. The standard InChI is InChI=1S/C10H23NO2/c1-6-12-9(13-7-2)8-11-10(3,4)5/h9,11H,6-8H2,1-5H3/p+1. The molecule has 0 aromatic rings. The number of ether oxygens (including phenoxy) is 2. The van der Waals surface area contributed by atoms with Gasteiger partial charge >= 0.3 is 0 Å². The smallest absolute Gasteiger partial charge is 0.207 e. The van der Waals surface area contributed by atoms with Gasteiger partial charge in [0.05, 0.1) is 5.54 Å². The third-order valence-electron chi connectivity index (χ3n) is 1.63. The summed E-state index contributed by atoms with van der Waals surface area (Å²) in [6, 6.07) is 0. The lowest BCUT2D eigenvalue weighted by Crippen LogP contribution is -2.96. The van der Waals surface area contributed by atoms with Gasteiger partial charge in [-0.3, -0.25) is 0 Å². The van der Waals surface area contributed by atoms with E-state index in [2.05, 4.69) is 26.1 Å². The predicted octanol–water partition coefficient (Wildman–Crippen LogP) is 0.747. The number of hydrogen-bond donors (Lipinski definition) is 1. The normalized spacial score (nSPS) is 12.5. The fourth-order valence-corrected chi connectivity index (χ4v) is 1.01. The van der Waals surface area contributed by atoms with Crippen molar-refractivity contribution in [2.24, 2.45) is 0 Å². The minimum Gasteiger partial charge on any atom is -0.348 e. The monoisotopic (exact) mass is 190 g/mol. The molecule has 0 aromatic carbocycles. The van der Waals surface area contributed by atoms with Gasteiger partial charge in [0.25, 0.3) is 0 Å². The van der Waals surface area contributed by atoms with Crippen molar-refractivity contribution in [2.45, 2.75) is 46.4 Å². The van der Waals surface area contributed by atoms with Gasteiger partial charge in [-0.15, -0.1) is 0 Å². The highest BCUT2D eigenvalue weighted by atomic mass is 16.7. The van der Waals surface area contributed by atoms with E-state index in [0.717, 1.165) is 6.54 Å². The van der Waals surface area contributed by atoms with Crippen LogP contribution in [0.1, 0.15) is 34.6 Å². The van der Waals surface area contributed by atoms with Gasteiger partial charge in [-0.2, -0.15) is 0 Å². The summed E-state index contributed by atoms with van der Waals surface area (Å²) in [6.07, 6.45) is -0.0609. The lowest BCUT2D eigenvalue weighted by Gasteiger charge is -2.21. The van der Waals surface area contributed by atoms with E-state index < -0.39 is 0 Å². The minimum atomic E-state index is -0.0609. The Labute approximate surface area is 81.8 Å². The van der Waals surface area contributed by atoms with Crippen LogP contribution in [0.25, 0.3) is 0 Å². The Kier molecular flexibility index (Phi) is 6.29. The fraction of sp³-hybridized carbons (Fsp3) is 1.00. The summed E-state index contributed by atoms with van der Waals surface area (Å²) in [5.41, 5.74) is 0.243. The summed E-state index contributed by atoms with van der Waals surface area (Å²) in [5, 5.41) is 2.24. The van der Waals surface area contributed by atoms with E-state index in [0.29, 0.717) is 13.2 Å². The van der Waals surface area contributed by atoms with Crippen LogP contribution in [0, 0.1) is 0 Å². The first-order chi connectivity index (χ1) is 5.99. The largest absolute Gasteiger partial charge is 0.348 e. The van der Waals surface area contributed by atoms with E-state index >= 15 is 0 Å². The maximum Gasteiger partial charge on any atom is 0.207 e. The van der Waals surface area contributed by atoms with E-state index in [9.17, 15) is 0 Å². The van der Waals surface area contributed by atoms with Crippen LogP contribution in [0.5, 0.6) is 0 Å². The molecule has 80 valence electrons. The molecule has 0 saturated heterocycles. The summed E-state index contributed by atoms with van der Waals surface area (Å²) in [4.78, 5) is 0. The van der Waals surface area contributed by atoms with Crippen molar-refractivity contribution < 1.29 is 14.8 Å². The molecule has 0 aliphatic heterocycles. The van der Waals surface area contributed by atoms with Crippen molar-refractivity contribution in [3.63, 3.8) is 0 Å². The predicted molar refractivity (Wildman–Crippen MR) is 53.6 cm³/mol. The Bertz CT molecular complexity index is 115. The average Bonchev–Trinajstić information content (AvgIpc) is 2.00. The number of quaternary nitrogens is 1. The highest BCUT2D eigenvalue weighted by Crippen LogP contribution is 1.93. The zero-order valence-corrected chi connectivity index (χ0v) is 9.59. The maximum absolute atomic E-state index is 5.42. The summed E-state index contributed by atoms with van der Waals surface area (Å²) >= 11 is 0. The molecule has 0 atom stereocenters. The Morgan fingerprint density at radius 3 is 1.85 bits per heavy atom. The molecule has 13 heavy (non-hydrogen) atoms. The van der Waals surface area contributed by atoms with Crippen molar-refractivity contribution in [3.8, 4) is 0 Å². The maximum atomic E-state index is 5.42. The van der Waals surface area contributed by atoms with E-state index in [1.807, 2.05) is 13.8 Å². The molecule has 0 spiro atoms. The molecule has 3 nitrogen and oxygen atoms in total. The summed E-state index contributed by atoms with van der Waals surface area (Å²) < 4.78 is 10.8. The Balaban J connectivity index is 3.68. The summed E-state index contributed by atoms with van der Waals surface area (Å²) in [5.74, 6) is 0. The van der Waals surface area contributed by atoms with Crippen LogP contribution >= 0.6 is 0 Å². The van der Waals surface area contributed by atoms with Crippen LogP contribution in [-0.2, 0) is 9.47 Å². The molecule has 0 saturated carbocycles. The Hall–Kier alpha value is -0.120. The SMILES string of the molecule is CCOC(C[NH2+]C(C)(C)C)OCC. The van der Waals surface area contributed by atoms with Crippen LogP contribution in [0.3, 0.4) is 0 Å². The van der Waals surface area contributed by atoms with Crippen LogP contribution < -0.4 is 5.32 Å². The van der Waals surface area contributed by atoms with Gasteiger partial charge in [0.2, 0.25) is 6.29 Å². The van der Waals surface area contributed by atoms with E-state index in [1.54, 1.807) is 0 Å². The number of nitrogens with two attached hydrogens (primary N) is 1. The Morgan fingerprint density at radius 2 is 1.54 bits per heavy atom. The highest BCUT2D eigenvalue weighted by molar-refractivity contribution is 4.53. The molecule has 0 amide bonds. The lowest BCUT2D eigenvalue weighted by atomic mass is 10.1. The Morgan fingerprint density at radius 1 is 1.08 bits per heavy atom. The van der Waals surface area contributed by atoms with Crippen molar-refractivity contribution >= 4 is 0 Å². The molecule has 0 bridgehead atoms. The van der Waals surface area contributed by atoms with Gasteiger partial charge in [-0.05, 0) is 34.6 Å². The zero-order chi connectivity index (χ0) is 10.3. The van der Waals surface area contributed by atoms with Crippen molar-refractivity contribution in [2.75, 3.05) is 19.8 Å². The molecule has 0 aromatic heterocycles. The van der Waals surface area contributed by atoms with Crippen LogP contribution in [0.4, 0.5) is 0 Å². The minimum absolute atomic E-state index is 0.0609. The summed E-state index contributed by atoms with van der Waals surface area (Å²) in [7, 11) is 0. The van der Waals surface area contributed by atoms with E-state index in [4.69, 9.17) is 9.47 Å². The second-order valence-electron chi connectivity index (χ2n) is 4.15. The van der Waals surface area contributed by atoms with Crippen LogP contribution in [0.2, 0.25) is 0 Å². The van der Waals surface area contributed by atoms with E-state index in [-0.39, 0.29) is 11.8 Å². The van der Waals surface area contributed by atoms with Gasteiger partial charge in [0.1, 0.15) is 6.54 Å². The summed E-state index contributed by atoms with van der Waals surface area (Å²) in [6.45, 7) is 12.8. The molecule has 0 radical (unpaired) electrons. The van der Waals surface area contributed by atoms with Crippen molar-refractivity contribution in [1.29, 1.82) is 0 Å². The van der Waals surface area contributed by atoms with Gasteiger partial charge in [0.15, 0.2) is 0 Å². The van der Waals surface area contributed by atoms with Gasteiger partial charge in [-0.1, -0.05) is 0 Å². The third-order valence-corrected chi connectivity index (χ3v) is 1.63. The molecule has 0 unspecified atom stereocenters. The molecule has 3 heteroatoms. The molecule has 0 aliphatic rings. The first-order valence-electron chi connectivity index (χ1n) is 5.07. The molecule has 0 heterocycles. The van der Waals surface area contributed by atoms with Gasteiger partial charge in [0, 0.05) is 13.2 Å². The molecule has 0 aliphatic carbocycles. The second-order valence-corrected chi connectivity index (χ2v) is 4.15. The topological polar surface area (TPSA) is 35.1 Å². The van der Waals surface area contributed by atoms with E-state index in [1.165, 1.54) is 0 Å². The van der Waals surface area contributed by atoms with Crippen molar-refractivity contribution in [1.82, 2.24) is 0 Å². The van der Waals surface area contributed by atoms with Gasteiger partial charge < -0.3 is 14.8 Å². The average molecular weight is 190 g/mol. The van der Waals surface area contributed by atoms with Gasteiger partial charge in [-0.25, -0.2) is 0 Å². The first-order valence-corrected chi connectivity index (χ1v) is 5.07. The zero-order valence-electron chi connectivity index (χ0n) is 9.59. The molecule has 0 rings (SSSR count). The number of rotatable bonds is 6. The number of hydrogen-bond acceptors (Lipinski definition) is 2. The molecule has 2 N–H and O–H groups in total. The first kappa shape index (κ1) is 12.9. The molecular weight excluding hydrogens is 166 g/mol. The van der Waals surface area contributed by atoms with Crippen LogP contribution in [-0.4, -0.2) is 31.6 Å². The second kappa shape index (κ2) is 6.35. The van der Waals surface area contributed by atoms with Crippen LogP contribution in [0.15, 0.2) is 0 Å². The lowest BCUT2D eigenvalue weighted by molar-refractivity contribution is -0.727. The van der Waals surface area contributed by atoms with Crippen molar-refractivity contribution in [3.05, 3.63) is 0 Å². The quantitative estimate of drug-likeness (QED) is 0.627. The molecule has 0 fully saturated rings. The highest BCUT2D eigenvalue weighted by Gasteiger charge is 2.17. The fourth-order valence-electron chi connectivity index (χ4n) is 1.01. The molecular formula is C10H24NO2+.